The van der Waals surface area contributed by atoms with Crippen LogP contribution in [-0.4, -0.2) is 16.6 Å². The van der Waals surface area contributed by atoms with Crippen LogP contribution >= 0.6 is 23.5 Å². The molecule has 1 aliphatic rings. The van der Waals surface area contributed by atoms with E-state index in [1.807, 2.05) is 29.6 Å². The van der Waals surface area contributed by atoms with E-state index in [1.54, 1.807) is 0 Å². The molecule has 1 N–H and O–H groups in total. The zero-order chi connectivity index (χ0) is 17.5. The summed E-state index contributed by atoms with van der Waals surface area (Å²) in [6.07, 6.45) is 0. The number of rotatable bonds is 2. The minimum atomic E-state index is 0.330. The fourth-order valence-electron chi connectivity index (χ4n) is 3.76. The Kier molecular flexibility index (Phi) is 4.07. The highest BCUT2D eigenvalue weighted by molar-refractivity contribution is 8.19. The zero-order valence-electron chi connectivity index (χ0n) is 14.2. The minimum Gasteiger partial charge on any atom is -0.508 e. The molecule has 1 heterocycles. The number of aromatic hydroxyl groups is 1. The first-order valence-corrected chi connectivity index (χ1v) is 10.9. The summed E-state index contributed by atoms with van der Waals surface area (Å²) < 4.78 is 0.330. The molecule has 0 aromatic heterocycles. The van der Waals surface area contributed by atoms with Gasteiger partial charge in [0, 0.05) is 17.1 Å². The van der Waals surface area contributed by atoms with E-state index in [1.165, 1.54) is 32.7 Å². The van der Waals surface area contributed by atoms with Crippen molar-refractivity contribution in [2.75, 3.05) is 11.5 Å². The van der Waals surface area contributed by atoms with Crippen LogP contribution in [0.15, 0.2) is 72.8 Å². The number of hydrogen-bond donors (Lipinski definition) is 1. The molecule has 4 aromatic carbocycles. The molecule has 0 amide bonds. The van der Waals surface area contributed by atoms with Crippen molar-refractivity contribution in [1.82, 2.24) is 0 Å². The lowest BCUT2D eigenvalue weighted by molar-refractivity contribution is 0.470. The fraction of sp³-hybridized carbons (Fsp3) is 0.130. The van der Waals surface area contributed by atoms with E-state index in [4.69, 9.17) is 0 Å². The maximum absolute atomic E-state index is 10.4. The van der Waals surface area contributed by atoms with E-state index in [9.17, 15) is 5.11 Å². The van der Waals surface area contributed by atoms with Crippen LogP contribution in [0.1, 0.15) is 10.1 Å². The molecule has 26 heavy (non-hydrogen) atoms. The maximum atomic E-state index is 10.4. The summed E-state index contributed by atoms with van der Waals surface area (Å²) in [5.41, 5.74) is 3.49. The van der Waals surface area contributed by atoms with Crippen molar-refractivity contribution in [3.8, 4) is 16.9 Å². The Labute approximate surface area is 161 Å². The molecule has 1 saturated heterocycles. The number of thioether (sulfide) groups is 2. The molecule has 0 radical (unpaired) electrons. The van der Waals surface area contributed by atoms with E-state index in [0.717, 1.165) is 17.1 Å². The van der Waals surface area contributed by atoms with Gasteiger partial charge in [-0.25, -0.2) is 0 Å². The van der Waals surface area contributed by atoms with Crippen LogP contribution in [0, 0.1) is 0 Å². The lowest BCUT2D eigenvalue weighted by Gasteiger charge is -2.16. The van der Waals surface area contributed by atoms with E-state index in [0.29, 0.717) is 10.3 Å². The lowest BCUT2D eigenvalue weighted by Crippen LogP contribution is -1.90. The summed E-state index contributed by atoms with van der Waals surface area (Å²) in [7, 11) is 0. The van der Waals surface area contributed by atoms with Crippen LogP contribution in [-0.2, 0) is 0 Å². The fourth-order valence-corrected chi connectivity index (χ4v) is 6.66. The average molecular weight is 375 g/mol. The molecule has 0 atom stereocenters. The van der Waals surface area contributed by atoms with Gasteiger partial charge in [0.25, 0.3) is 0 Å². The van der Waals surface area contributed by atoms with E-state index >= 15 is 0 Å². The number of phenols is 1. The van der Waals surface area contributed by atoms with Gasteiger partial charge in [-0.15, -0.1) is 23.5 Å². The molecule has 128 valence electrons. The molecule has 3 heteroatoms. The Morgan fingerprint density at radius 2 is 1.35 bits per heavy atom. The molecule has 5 rings (SSSR count). The summed E-state index contributed by atoms with van der Waals surface area (Å²) >= 11 is 3.85. The second-order valence-electron chi connectivity index (χ2n) is 6.54. The zero-order valence-corrected chi connectivity index (χ0v) is 15.8. The number of benzene rings is 4. The highest BCUT2D eigenvalue weighted by atomic mass is 32.2. The monoisotopic (exact) mass is 374 g/mol. The van der Waals surface area contributed by atoms with Gasteiger partial charge in [-0.2, -0.15) is 0 Å². The molecular formula is C23H18OS2. The molecule has 1 aliphatic heterocycles. The van der Waals surface area contributed by atoms with Gasteiger partial charge in [0.05, 0.1) is 4.58 Å². The Hall–Kier alpha value is -2.10. The van der Waals surface area contributed by atoms with Gasteiger partial charge in [-0.05, 0) is 50.9 Å². The standard InChI is InChI=1S/C23H18OS2/c24-21-10-9-17(14-20(21)23-25-11-12-26-23)22-18-7-3-1-5-15(18)13-16-6-2-4-8-19(16)22/h1-10,13-14,23-24H,11-12H2. The maximum Gasteiger partial charge on any atom is 0.120 e. The Bertz CT molecular complexity index is 1060. The topological polar surface area (TPSA) is 20.2 Å². The second kappa shape index (κ2) is 6.57. The second-order valence-corrected chi connectivity index (χ2v) is 9.27. The van der Waals surface area contributed by atoms with Gasteiger partial charge in [-0.3, -0.25) is 0 Å². The van der Waals surface area contributed by atoms with Crippen molar-refractivity contribution >= 4 is 45.1 Å². The van der Waals surface area contributed by atoms with Crippen molar-refractivity contribution in [3.63, 3.8) is 0 Å². The molecule has 0 saturated carbocycles. The largest absolute Gasteiger partial charge is 0.508 e. The van der Waals surface area contributed by atoms with Gasteiger partial charge < -0.3 is 5.11 Å². The van der Waals surface area contributed by atoms with Crippen LogP contribution in [0.5, 0.6) is 5.75 Å². The molecule has 0 bridgehead atoms. The molecule has 4 aromatic rings. The van der Waals surface area contributed by atoms with E-state index < -0.39 is 0 Å². The number of phenolic OH excluding ortho intramolecular Hbond substituents is 1. The third kappa shape index (κ3) is 2.67. The van der Waals surface area contributed by atoms with Gasteiger partial charge in [0.1, 0.15) is 5.75 Å². The first-order chi connectivity index (χ1) is 12.8. The SMILES string of the molecule is Oc1ccc(-c2c3ccccc3cc3ccccc23)cc1C1SCCS1. The quantitative estimate of drug-likeness (QED) is 0.388. The molecule has 0 unspecified atom stereocenters. The number of hydrogen-bond acceptors (Lipinski definition) is 3. The smallest absolute Gasteiger partial charge is 0.120 e. The van der Waals surface area contributed by atoms with Crippen molar-refractivity contribution in [1.29, 1.82) is 0 Å². The van der Waals surface area contributed by atoms with Crippen molar-refractivity contribution < 1.29 is 5.11 Å². The first kappa shape index (κ1) is 16.1. The van der Waals surface area contributed by atoms with Crippen molar-refractivity contribution in [2.24, 2.45) is 0 Å². The third-order valence-electron chi connectivity index (χ3n) is 4.96. The normalized spacial score (nSPS) is 15.1. The summed E-state index contributed by atoms with van der Waals surface area (Å²) in [6, 6.07) is 25.5. The van der Waals surface area contributed by atoms with Crippen molar-refractivity contribution in [3.05, 3.63) is 78.4 Å². The van der Waals surface area contributed by atoms with E-state index in [2.05, 4.69) is 66.7 Å². The Balaban J connectivity index is 1.81. The van der Waals surface area contributed by atoms with Gasteiger partial charge in [0.15, 0.2) is 0 Å². The number of fused-ring (bicyclic) bond motifs is 2. The first-order valence-electron chi connectivity index (χ1n) is 8.78. The van der Waals surface area contributed by atoms with Crippen LogP contribution in [0.4, 0.5) is 0 Å². The van der Waals surface area contributed by atoms with Gasteiger partial charge in [0.2, 0.25) is 0 Å². The molecular weight excluding hydrogens is 356 g/mol. The Morgan fingerprint density at radius 1 is 0.731 bits per heavy atom. The minimum absolute atomic E-state index is 0.330. The molecule has 0 aliphatic carbocycles. The molecule has 0 spiro atoms. The highest BCUT2D eigenvalue weighted by Crippen LogP contribution is 2.49. The van der Waals surface area contributed by atoms with Crippen molar-refractivity contribution in [2.45, 2.75) is 4.58 Å². The Morgan fingerprint density at radius 3 is 2.00 bits per heavy atom. The molecule has 1 nitrogen and oxygen atoms in total. The van der Waals surface area contributed by atoms with Gasteiger partial charge in [-0.1, -0.05) is 54.6 Å². The lowest BCUT2D eigenvalue weighted by atomic mass is 9.91. The van der Waals surface area contributed by atoms with Crippen LogP contribution in [0.2, 0.25) is 0 Å². The van der Waals surface area contributed by atoms with E-state index in [-0.39, 0.29) is 0 Å². The summed E-state index contributed by atoms with van der Waals surface area (Å²) in [5.74, 6) is 2.71. The highest BCUT2D eigenvalue weighted by Gasteiger charge is 2.22. The van der Waals surface area contributed by atoms with Crippen LogP contribution in [0.25, 0.3) is 32.7 Å². The summed E-state index contributed by atoms with van der Waals surface area (Å²) in [4.78, 5) is 0. The summed E-state index contributed by atoms with van der Waals surface area (Å²) in [5, 5.41) is 15.5. The predicted molar refractivity (Wildman–Crippen MR) is 116 cm³/mol. The van der Waals surface area contributed by atoms with Gasteiger partial charge >= 0.3 is 0 Å². The summed E-state index contributed by atoms with van der Waals surface area (Å²) in [6.45, 7) is 0. The average Bonchev–Trinajstić information content (AvgIpc) is 3.21. The predicted octanol–water partition coefficient (Wildman–Crippen LogP) is 6.84. The molecule has 1 fully saturated rings. The van der Waals surface area contributed by atoms with Crippen LogP contribution < -0.4 is 0 Å². The van der Waals surface area contributed by atoms with Crippen LogP contribution in [0.3, 0.4) is 0 Å². The third-order valence-corrected chi connectivity index (χ3v) is 8.03.